The predicted octanol–water partition coefficient (Wildman–Crippen LogP) is 2.60. The maximum absolute atomic E-state index is 12.2. The van der Waals surface area contributed by atoms with Crippen molar-refractivity contribution in [1.29, 1.82) is 0 Å². The van der Waals surface area contributed by atoms with Gasteiger partial charge in [-0.2, -0.15) is 0 Å². The van der Waals surface area contributed by atoms with Crippen molar-refractivity contribution in [3.8, 4) is 0 Å². The number of carbonyl (C=O) groups is 1. The molecule has 6 heteroatoms. The van der Waals surface area contributed by atoms with E-state index in [0.29, 0.717) is 17.0 Å². The first-order valence-electron chi connectivity index (χ1n) is 6.30. The SMILES string of the molecule is Cn1c(SC2CCCCC2=O)nc2sccc2c1=O. The number of ketones is 1. The van der Waals surface area contributed by atoms with E-state index in [4.69, 9.17) is 0 Å². The maximum atomic E-state index is 12.2. The van der Waals surface area contributed by atoms with Crippen molar-refractivity contribution in [2.75, 3.05) is 0 Å². The van der Waals surface area contributed by atoms with Crippen LogP contribution >= 0.6 is 23.1 Å². The Labute approximate surface area is 118 Å². The number of thioether (sulfide) groups is 1. The Morgan fingerprint density at radius 1 is 1.42 bits per heavy atom. The van der Waals surface area contributed by atoms with Crippen molar-refractivity contribution in [3.05, 3.63) is 21.8 Å². The second kappa shape index (κ2) is 5.09. The topological polar surface area (TPSA) is 52.0 Å². The average molecular weight is 294 g/mol. The predicted molar refractivity (Wildman–Crippen MR) is 78.0 cm³/mol. The lowest BCUT2D eigenvalue weighted by atomic mass is 9.99. The quantitative estimate of drug-likeness (QED) is 0.799. The number of nitrogens with zero attached hydrogens (tertiary/aromatic N) is 2. The lowest BCUT2D eigenvalue weighted by molar-refractivity contribution is -0.119. The van der Waals surface area contributed by atoms with Gasteiger partial charge in [0.25, 0.3) is 5.56 Å². The first-order chi connectivity index (χ1) is 9.16. The summed E-state index contributed by atoms with van der Waals surface area (Å²) in [6.45, 7) is 0. The molecule has 1 aliphatic carbocycles. The van der Waals surface area contributed by atoms with E-state index in [-0.39, 0.29) is 16.6 Å². The van der Waals surface area contributed by atoms with Crippen molar-refractivity contribution in [2.24, 2.45) is 7.05 Å². The molecule has 1 saturated carbocycles. The van der Waals surface area contributed by atoms with Crippen LogP contribution in [0.2, 0.25) is 0 Å². The number of aromatic nitrogens is 2. The molecule has 0 N–H and O–H groups in total. The highest BCUT2D eigenvalue weighted by Gasteiger charge is 2.25. The van der Waals surface area contributed by atoms with Gasteiger partial charge in [-0.15, -0.1) is 11.3 Å². The smallest absolute Gasteiger partial charge is 0.262 e. The summed E-state index contributed by atoms with van der Waals surface area (Å²) in [7, 11) is 1.72. The summed E-state index contributed by atoms with van der Waals surface area (Å²) in [6.07, 6.45) is 3.62. The molecule has 19 heavy (non-hydrogen) atoms. The Balaban J connectivity index is 1.98. The van der Waals surface area contributed by atoms with Crippen molar-refractivity contribution in [2.45, 2.75) is 36.1 Å². The number of rotatable bonds is 2. The highest BCUT2D eigenvalue weighted by molar-refractivity contribution is 8.00. The molecule has 100 valence electrons. The average Bonchev–Trinajstić information content (AvgIpc) is 2.86. The van der Waals surface area contributed by atoms with Crippen molar-refractivity contribution in [3.63, 3.8) is 0 Å². The summed E-state index contributed by atoms with van der Waals surface area (Å²) in [5.74, 6) is 0.289. The summed E-state index contributed by atoms with van der Waals surface area (Å²) < 4.78 is 1.56. The number of Topliss-reactive ketones (excluding diaryl/α,β-unsaturated/α-hetero) is 1. The molecule has 0 radical (unpaired) electrons. The Bertz CT molecular complexity index is 689. The lowest BCUT2D eigenvalue weighted by Crippen LogP contribution is -2.25. The first-order valence-corrected chi connectivity index (χ1v) is 8.06. The fourth-order valence-corrected chi connectivity index (χ4v) is 4.27. The molecule has 1 atom stereocenters. The number of hydrogen-bond donors (Lipinski definition) is 0. The van der Waals surface area contributed by atoms with Gasteiger partial charge < -0.3 is 0 Å². The van der Waals surface area contributed by atoms with Gasteiger partial charge in [-0.1, -0.05) is 18.2 Å². The molecular formula is C13H14N2O2S2. The highest BCUT2D eigenvalue weighted by atomic mass is 32.2. The zero-order valence-electron chi connectivity index (χ0n) is 10.6. The monoisotopic (exact) mass is 294 g/mol. The minimum Gasteiger partial charge on any atom is -0.298 e. The van der Waals surface area contributed by atoms with Gasteiger partial charge >= 0.3 is 0 Å². The fraction of sp³-hybridized carbons (Fsp3) is 0.462. The first kappa shape index (κ1) is 12.9. The van der Waals surface area contributed by atoms with Crippen molar-refractivity contribution in [1.82, 2.24) is 9.55 Å². The van der Waals surface area contributed by atoms with Gasteiger partial charge in [0.2, 0.25) is 0 Å². The third kappa shape index (κ3) is 2.34. The number of thiophene rings is 1. The molecule has 1 fully saturated rings. The fourth-order valence-electron chi connectivity index (χ4n) is 2.29. The van der Waals surface area contributed by atoms with Crippen LogP contribution in [0.15, 0.2) is 21.4 Å². The highest BCUT2D eigenvalue weighted by Crippen LogP contribution is 2.31. The van der Waals surface area contributed by atoms with Crippen LogP contribution in [0.25, 0.3) is 10.2 Å². The van der Waals surface area contributed by atoms with Crippen molar-refractivity contribution >= 4 is 39.1 Å². The van der Waals surface area contributed by atoms with Crippen LogP contribution in [-0.2, 0) is 11.8 Å². The van der Waals surface area contributed by atoms with Crippen LogP contribution in [0.1, 0.15) is 25.7 Å². The van der Waals surface area contributed by atoms with Gasteiger partial charge in [0.1, 0.15) is 10.6 Å². The zero-order valence-corrected chi connectivity index (χ0v) is 12.2. The van der Waals surface area contributed by atoms with Crippen LogP contribution in [0.4, 0.5) is 0 Å². The van der Waals surface area contributed by atoms with E-state index in [9.17, 15) is 9.59 Å². The minimum absolute atomic E-state index is 0.0305. The molecule has 3 rings (SSSR count). The van der Waals surface area contributed by atoms with E-state index in [1.807, 2.05) is 5.38 Å². The van der Waals surface area contributed by atoms with Gasteiger partial charge in [0, 0.05) is 13.5 Å². The molecule has 2 aromatic rings. The molecule has 0 aromatic carbocycles. The number of hydrogen-bond acceptors (Lipinski definition) is 5. The van der Waals surface area contributed by atoms with Crippen LogP contribution in [0.5, 0.6) is 0 Å². The van der Waals surface area contributed by atoms with Crippen LogP contribution in [-0.4, -0.2) is 20.6 Å². The maximum Gasteiger partial charge on any atom is 0.262 e. The molecule has 2 heterocycles. The van der Waals surface area contributed by atoms with E-state index in [2.05, 4.69) is 4.98 Å². The zero-order chi connectivity index (χ0) is 13.4. The van der Waals surface area contributed by atoms with Gasteiger partial charge in [-0.05, 0) is 24.3 Å². The van der Waals surface area contributed by atoms with E-state index in [1.54, 1.807) is 17.7 Å². The van der Waals surface area contributed by atoms with Gasteiger partial charge in [-0.3, -0.25) is 14.2 Å². The van der Waals surface area contributed by atoms with E-state index < -0.39 is 0 Å². The van der Waals surface area contributed by atoms with Gasteiger partial charge in [0.05, 0.1) is 10.6 Å². The number of fused-ring (bicyclic) bond motifs is 1. The Hall–Kier alpha value is -1.14. The van der Waals surface area contributed by atoms with Crippen LogP contribution in [0, 0.1) is 0 Å². The third-order valence-electron chi connectivity index (χ3n) is 3.41. The second-order valence-electron chi connectivity index (χ2n) is 4.72. The molecule has 0 bridgehead atoms. The molecule has 0 saturated heterocycles. The molecule has 0 aliphatic heterocycles. The Morgan fingerprint density at radius 2 is 2.26 bits per heavy atom. The lowest BCUT2D eigenvalue weighted by Gasteiger charge is -2.20. The number of carbonyl (C=O) groups excluding carboxylic acids is 1. The molecular weight excluding hydrogens is 280 g/mol. The van der Waals surface area contributed by atoms with Gasteiger partial charge in [-0.25, -0.2) is 4.98 Å². The molecule has 0 spiro atoms. The van der Waals surface area contributed by atoms with Crippen molar-refractivity contribution < 1.29 is 4.79 Å². The van der Waals surface area contributed by atoms with Crippen LogP contribution < -0.4 is 5.56 Å². The van der Waals surface area contributed by atoms with E-state index in [0.717, 1.165) is 24.1 Å². The molecule has 0 amide bonds. The summed E-state index contributed by atoms with van der Waals surface area (Å²) in [5.41, 5.74) is -0.0305. The Morgan fingerprint density at radius 3 is 3.05 bits per heavy atom. The standard InChI is InChI=1S/C13H14N2O2S2/c1-15-12(17)8-6-7-18-11(8)14-13(15)19-10-5-3-2-4-9(10)16/h6-7,10H,2-5H2,1H3. The Kier molecular flexibility index (Phi) is 3.45. The second-order valence-corrected chi connectivity index (χ2v) is 6.78. The van der Waals surface area contributed by atoms with Crippen LogP contribution in [0.3, 0.4) is 0 Å². The minimum atomic E-state index is -0.0377. The summed E-state index contributed by atoms with van der Waals surface area (Å²) in [4.78, 5) is 29.3. The van der Waals surface area contributed by atoms with E-state index >= 15 is 0 Å². The molecule has 2 aromatic heterocycles. The van der Waals surface area contributed by atoms with Gasteiger partial charge in [0.15, 0.2) is 5.16 Å². The van der Waals surface area contributed by atoms with E-state index in [1.165, 1.54) is 23.1 Å². The molecule has 1 aliphatic rings. The summed E-state index contributed by atoms with van der Waals surface area (Å²) in [6, 6.07) is 1.80. The third-order valence-corrected chi connectivity index (χ3v) is 5.58. The normalized spacial score (nSPS) is 20.1. The summed E-state index contributed by atoms with van der Waals surface area (Å²) in [5, 5.41) is 3.15. The summed E-state index contributed by atoms with van der Waals surface area (Å²) >= 11 is 2.91. The largest absolute Gasteiger partial charge is 0.298 e. The molecule has 1 unspecified atom stereocenters. The molecule has 4 nitrogen and oxygen atoms in total.